The van der Waals surface area contributed by atoms with Gasteiger partial charge in [-0.15, -0.1) is 35.3 Å². The molecule has 1 aromatic heterocycles. The number of thiophene rings is 1. The van der Waals surface area contributed by atoms with Crippen LogP contribution in [0.1, 0.15) is 45.4 Å². The van der Waals surface area contributed by atoms with E-state index in [0.717, 1.165) is 51.5 Å². The summed E-state index contributed by atoms with van der Waals surface area (Å²) < 4.78 is 0. The highest BCUT2D eigenvalue weighted by Crippen LogP contribution is 2.27. The molecule has 2 rings (SSSR count). The van der Waals surface area contributed by atoms with Crippen molar-refractivity contribution in [3.8, 4) is 0 Å². The van der Waals surface area contributed by atoms with Crippen LogP contribution in [0, 0.1) is 0 Å². The Kier molecular flexibility index (Phi) is 10.2. The molecule has 0 amide bonds. The van der Waals surface area contributed by atoms with Gasteiger partial charge in [0.05, 0.1) is 6.54 Å². The van der Waals surface area contributed by atoms with Crippen LogP contribution in [0.25, 0.3) is 0 Å². The number of hydrogen-bond acceptors (Lipinski definition) is 3. The van der Waals surface area contributed by atoms with Crippen molar-refractivity contribution in [2.24, 2.45) is 4.99 Å². The van der Waals surface area contributed by atoms with E-state index in [-0.39, 0.29) is 29.4 Å². The zero-order chi connectivity index (χ0) is 18.3. The molecule has 148 valence electrons. The van der Waals surface area contributed by atoms with Crippen molar-refractivity contribution < 1.29 is 0 Å². The maximum atomic E-state index is 4.88. The molecule has 2 heterocycles. The summed E-state index contributed by atoms with van der Waals surface area (Å²) in [6.45, 7) is 17.7. The minimum atomic E-state index is 0. The number of piperidine rings is 1. The first-order valence-corrected chi connectivity index (χ1v) is 10.2. The summed E-state index contributed by atoms with van der Waals surface area (Å²) in [6.07, 6.45) is 2.32. The van der Waals surface area contributed by atoms with Crippen molar-refractivity contribution in [3.05, 3.63) is 34.5 Å². The molecule has 0 aromatic carbocycles. The molecule has 1 saturated heterocycles. The third kappa shape index (κ3) is 7.56. The molecule has 4 nitrogen and oxygen atoms in total. The highest BCUT2D eigenvalue weighted by Gasteiger charge is 2.23. The number of rotatable bonds is 7. The number of likely N-dealkylation sites (tertiary alicyclic amines) is 1. The number of aliphatic imine (C=N–C) groups is 1. The van der Waals surface area contributed by atoms with Gasteiger partial charge < -0.3 is 10.6 Å². The van der Waals surface area contributed by atoms with Gasteiger partial charge in [0.15, 0.2) is 5.96 Å². The van der Waals surface area contributed by atoms with Gasteiger partial charge in [0, 0.05) is 42.5 Å². The molecule has 1 aliphatic rings. The molecule has 1 fully saturated rings. The smallest absolute Gasteiger partial charge is 0.191 e. The first-order valence-electron chi connectivity index (χ1n) is 9.36. The zero-order valence-electron chi connectivity index (χ0n) is 16.7. The third-order valence-corrected chi connectivity index (χ3v) is 5.82. The monoisotopic (exact) mass is 490 g/mol. The number of nitrogens with zero attached hydrogens (tertiary/aromatic N) is 2. The van der Waals surface area contributed by atoms with E-state index in [1.807, 2.05) is 11.3 Å². The molecule has 2 N–H and O–H groups in total. The van der Waals surface area contributed by atoms with Crippen LogP contribution in [0.4, 0.5) is 0 Å². The van der Waals surface area contributed by atoms with E-state index in [9.17, 15) is 0 Å². The first kappa shape index (κ1) is 23.4. The van der Waals surface area contributed by atoms with E-state index in [0.29, 0.717) is 6.04 Å². The summed E-state index contributed by atoms with van der Waals surface area (Å²) in [5, 5.41) is 9.19. The second-order valence-corrected chi connectivity index (χ2v) is 8.66. The van der Waals surface area contributed by atoms with E-state index in [4.69, 9.17) is 4.99 Å². The maximum absolute atomic E-state index is 4.88. The molecule has 0 atom stereocenters. The zero-order valence-corrected chi connectivity index (χ0v) is 19.8. The molecule has 0 spiro atoms. The molecule has 0 aliphatic carbocycles. The topological polar surface area (TPSA) is 39.7 Å². The molecule has 1 aliphatic heterocycles. The molecule has 6 heteroatoms. The fourth-order valence-electron chi connectivity index (χ4n) is 3.15. The van der Waals surface area contributed by atoms with E-state index in [2.05, 4.69) is 67.3 Å². The molecule has 1 aromatic rings. The summed E-state index contributed by atoms with van der Waals surface area (Å²) in [6, 6.07) is 4.83. The van der Waals surface area contributed by atoms with Crippen molar-refractivity contribution in [3.63, 3.8) is 0 Å². The summed E-state index contributed by atoms with van der Waals surface area (Å²) in [7, 11) is 0. The number of guanidine groups is 1. The summed E-state index contributed by atoms with van der Waals surface area (Å²) in [5.74, 6) is 0.950. The quantitative estimate of drug-likeness (QED) is 0.260. The van der Waals surface area contributed by atoms with Crippen LogP contribution in [0.15, 0.2) is 34.7 Å². The highest BCUT2D eigenvalue weighted by atomic mass is 127. The molecule has 0 radical (unpaired) electrons. The highest BCUT2D eigenvalue weighted by molar-refractivity contribution is 14.0. The Labute approximate surface area is 180 Å². The normalized spacial score (nSPS) is 16.8. The van der Waals surface area contributed by atoms with Gasteiger partial charge in [-0.05, 0) is 38.1 Å². The molecule has 0 unspecified atom stereocenters. The SMILES string of the molecule is C=C(C)CN1CCC(NC(=NCC(C)(C)c2cccs2)NCC)CC1.I. The second kappa shape index (κ2) is 11.3. The Balaban J connectivity index is 0.00000338. The fourth-order valence-corrected chi connectivity index (χ4v) is 3.99. The molecule has 0 saturated carbocycles. The largest absolute Gasteiger partial charge is 0.357 e. The average Bonchev–Trinajstić information content (AvgIpc) is 3.10. The van der Waals surface area contributed by atoms with Crippen molar-refractivity contribution >= 4 is 41.3 Å². The summed E-state index contributed by atoms with van der Waals surface area (Å²) in [5.41, 5.74) is 1.32. The van der Waals surface area contributed by atoms with Crippen LogP contribution in [-0.4, -0.2) is 49.6 Å². The third-order valence-electron chi connectivity index (χ3n) is 4.59. The summed E-state index contributed by atoms with van der Waals surface area (Å²) >= 11 is 1.81. The molecular weight excluding hydrogens is 455 g/mol. The van der Waals surface area contributed by atoms with Crippen LogP contribution in [-0.2, 0) is 5.41 Å². The molecule has 0 bridgehead atoms. The fraction of sp³-hybridized carbons (Fsp3) is 0.650. The van der Waals surface area contributed by atoms with E-state index < -0.39 is 0 Å². The molecular formula is C20H35IN4S. The minimum absolute atomic E-state index is 0. The lowest BCUT2D eigenvalue weighted by atomic mass is 9.92. The van der Waals surface area contributed by atoms with Crippen LogP contribution < -0.4 is 10.6 Å². The van der Waals surface area contributed by atoms with Gasteiger partial charge in [-0.2, -0.15) is 0 Å². The van der Waals surface area contributed by atoms with Gasteiger partial charge in [-0.1, -0.05) is 32.1 Å². The summed E-state index contributed by atoms with van der Waals surface area (Å²) in [4.78, 5) is 8.76. The van der Waals surface area contributed by atoms with Crippen molar-refractivity contribution in [1.29, 1.82) is 0 Å². The van der Waals surface area contributed by atoms with Crippen LogP contribution in [0.2, 0.25) is 0 Å². The van der Waals surface area contributed by atoms with Crippen LogP contribution in [0.5, 0.6) is 0 Å². The Hall–Kier alpha value is -0.600. The van der Waals surface area contributed by atoms with Gasteiger partial charge in [-0.3, -0.25) is 9.89 Å². The Morgan fingerprint density at radius 2 is 2.08 bits per heavy atom. The predicted molar refractivity (Wildman–Crippen MR) is 126 cm³/mol. The van der Waals surface area contributed by atoms with Gasteiger partial charge in [0.25, 0.3) is 0 Å². The average molecular weight is 490 g/mol. The number of nitrogens with one attached hydrogen (secondary N) is 2. The van der Waals surface area contributed by atoms with E-state index in [1.54, 1.807) is 0 Å². The lowest BCUT2D eigenvalue weighted by Crippen LogP contribution is -2.49. The lowest BCUT2D eigenvalue weighted by molar-refractivity contribution is 0.221. The van der Waals surface area contributed by atoms with Crippen molar-refractivity contribution in [2.45, 2.75) is 52.0 Å². The minimum Gasteiger partial charge on any atom is -0.357 e. The predicted octanol–water partition coefficient (Wildman–Crippen LogP) is 4.24. The van der Waals surface area contributed by atoms with Crippen LogP contribution in [0.3, 0.4) is 0 Å². The second-order valence-electron chi connectivity index (χ2n) is 7.71. The first-order chi connectivity index (χ1) is 11.9. The maximum Gasteiger partial charge on any atom is 0.191 e. The van der Waals surface area contributed by atoms with E-state index in [1.165, 1.54) is 10.5 Å². The Morgan fingerprint density at radius 1 is 1.38 bits per heavy atom. The number of hydrogen-bond donors (Lipinski definition) is 2. The Morgan fingerprint density at radius 3 is 2.62 bits per heavy atom. The van der Waals surface area contributed by atoms with Gasteiger partial charge in [-0.25, -0.2) is 0 Å². The molecule has 26 heavy (non-hydrogen) atoms. The lowest BCUT2D eigenvalue weighted by Gasteiger charge is -2.33. The Bertz CT molecular complexity index is 560. The standard InChI is InChI=1S/C20H34N4S.HI/c1-6-21-19(22-15-20(4,5)18-8-7-13-25-18)23-17-9-11-24(12-10-17)14-16(2)3;/h7-8,13,17H,2,6,9-12,14-15H2,1,3-5H3,(H2,21,22,23);1H. The van der Waals surface area contributed by atoms with Crippen molar-refractivity contribution in [2.75, 3.05) is 32.7 Å². The van der Waals surface area contributed by atoms with Gasteiger partial charge in [0.1, 0.15) is 0 Å². The van der Waals surface area contributed by atoms with Crippen molar-refractivity contribution in [1.82, 2.24) is 15.5 Å². The van der Waals surface area contributed by atoms with Gasteiger partial charge >= 0.3 is 0 Å². The van der Waals surface area contributed by atoms with E-state index >= 15 is 0 Å². The van der Waals surface area contributed by atoms with Crippen LogP contribution >= 0.6 is 35.3 Å². The number of halogens is 1. The van der Waals surface area contributed by atoms with Gasteiger partial charge in [0.2, 0.25) is 0 Å².